The van der Waals surface area contributed by atoms with Gasteiger partial charge >= 0.3 is 7.60 Å². The van der Waals surface area contributed by atoms with Gasteiger partial charge in [-0.05, 0) is 39.2 Å². The molecule has 1 rings (SSSR count). The lowest BCUT2D eigenvalue weighted by atomic mass is 10.3. The molecule has 1 aromatic carbocycles. The molecule has 0 saturated heterocycles. The van der Waals surface area contributed by atoms with Crippen LogP contribution in [0.4, 0.5) is 10.1 Å². The molecule has 0 N–H and O–H groups in total. The fraction of sp³-hybridized carbons (Fsp3) is 0.571. The molecule has 0 radical (unpaired) electrons. The molecule has 1 aromatic rings. The number of halogens is 1. The van der Waals surface area contributed by atoms with Crippen molar-refractivity contribution >= 4 is 18.6 Å². The fourth-order valence-corrected chi connectivity index (χ4v) is 3.59. The molecule has 0 heterocycles. The summed E-state index contributed by atoms with van der Waals surface area (Å²) in [6.45, 7) is 2.90. The molecule has 0 aliphatic rings. The van der Waals surface area contributed by atoms with Crippen LogP contribution in [-0.2, 0) is 13.6 Å². The van der Waals surface area contributed by atoms with E-state index in [0.717, 1.165) is 0 Å². The normalized spacial score (nSPS) is 14.2. The Labute approximate surface area is 126 Å². The minimum Gasteiger partial charge on any atom is -0.377 e. The van der Waals surface area contributed by atoms with Gasteiger partial charge in [0.05, 0.1) is 24.2 Å². The molecule has 1 unspecified atom stereocenters. The highest BCUT2D eigenvalue weighted by molar-refractivity contribution is 7.62. The summed E-state index contributed by atoms with van der Waals surface area (Å²) in [5.41, 5.74) is 0.497. The lowest BCUT2D eigenvalue weighted by Gasteiger charge is -2.24. The second-order valence-corrected chi connectivity index (χ2v) is 7.07. The van der Waals surface area contributed by atoms with Crippen molar-refractivity contribution < 1.29 is 18.0 Å². The van der Waals surface area contributed by atoms with Gasteiger partial charge in [0.2, 0.25) is 0 Å². The molecule has 0 amide bonds. The van der Waals surface area contributed by atoms with Gasteiger partial charge in [0.1, 0.15) is 5.82 Å². The maximum absolute atomic E-state index is 13.4. The predicted molar refractivity (Wildman–Crippen MR) is 84.1 cm³/mol. The third-order valence-electron chi connectivity index (χ3n) is 2.81. The standard InChI is InChI=1S/C14H24FN2O3P/c1-6-19-21(18,20-10-9-16(2)3)14-8-7-12(15)11-13(14)17(4)5/h7-8,11H,6,9-10H2,1-5H3. The first-order valence-electron chi connectivity index (χ1n) is 6.81. The lowest BCUT2D eigenvalue weighted by Crippen LogP contribution is -2.24. The number of likely N-dealkylation sites (N-methyl/N-ethyl adjacent to an activating group) is 1. The second-order valence-electron chi connectivity index (χ2n) is 5.08. The zero-order valence-corrected chi connectivity index (χ0v) is 14.2. The summed E-state index contributed by atoms with van der Waals surface area (Å²) in [5, 5.41) is 0.384. The van der Waals surface area contributed by atoms with Crippen molar-refractivity contribution in [1.82, 2.24) is 4.90 Å². The Kier molecular flexibility index (Phi) is 6.81. The first-order valence-corrected chi connectivity index (χ1v) is 8.35. The second kappa shape index (κ2) is 7.90. The van der Waals surface area contributed by atoms with Gasteiger partial charge in [0, 0.05) is 20.6 Å². The van der Waals surface area contributed by atoms with Crippen LogP contribution >= 0.6 is 7.60 Å². The summed E-state index contributed by atoms with van der Waals surface area (Å²) in [6, 6.07) is 4.07. The highest BCUT2D eigenvalue weighted by Gasteiger charge is 2.31. The minimum absolute atomic E-state index is 0.253. The molecule has 21 heavy (non-hydrogen) atoms. The Morgan fingerprint density at radius 2 is 1.86 bits per heavy atom. The molecular weight excluding hydrogens is 294 g/mol. The first-order chi connectivity index (χ1) is 9.80. The molecule has 0 aromatic heterocycles. The number of benzene rings is 1. The van der Waals surface area contributed by atoms with E-state index in [4.69, 9.17) is 9.05 Å². The van der Waals surface area contributed by atoms with Crippen molar-refractivity contribution in [2.75, 3.05) is 52.8 Å². The maximum atomic E-state index is 13.4. The third-order valence-corrected chi connectivity index (χ3v) is 4.90. The topological polar surface area (TPSA) is 42.0 Å². The van der Waals surface area contributed by atoms with E-state index in [1.807, 2.05) is 19.0 Å². The number of nitrogens with zero attached hydrogens (tertiary/aromatic N) is 2. The lowest BCUT2D eigenvalue weighted by molar-refractivity contribution is 0.202. The average molecular weight is 318 g/mol. The van der Waals surface area contributed by atoms with Gasteiger partial charge in [0.15, 0.2) is 0 Å². The molecule has 7 heteroatoms. The highest BCUT2D eigenvalue weighted by Crippen LogP contribution is 2.49. The number of anilines is 1. The number of hydrogen-bond donors (Lipinski definition) is 0. The van der Waals surface area contributed by atoms with Crippen LogP contribution in [0.5, 0.6) is 0 Å². The average Bonchev–Trinajstić information content (AvgIpc) is 2.38. The zero-order valence-electron chi connectivity index (χ0n) is 13.3. The van der Waals surface area contributed by atoms with E-state index in [1.54, 1.807) is 25.9 Å². The van der Waals surface area contributed by atoms with Crippen molar-refractivity contribution in [1.29, 1.82) is 0 Å². The minimum atomic E-state index is -3.47. The van der Waals surface area contributed by atoms with E-state index in [-0.39, 0.29) is 13.2 Å². The van der Waals surface area contributed by atoms with E-state index >= 15 is 0 Å². The molecule has 0 spiro atoms. The van der Waals surface area contributed by atoms with Crippen LogP contribution in [0.2, 0.25) is 0 Å². The summed E-state index contributed by atoms with van der Waals surface area (Å²) in [7, 11) is 3.84. The molecular formula is C14H24FN2O3P. The van der Waals surface area contributed by atoms with Gasteiger partial charge in [-0.25, -0.2) is 4.39 Å². The van der Waals surface area contributed by atoms with Gasteiger partial charge in [-0.3, -0.25) is 4.57 Å². The van der Waals surface area contributed by atoms with Gasteiger partial charge in [-0.2, -0.15) is 0 Å². The Bertz CT molecular complexity index is 509. The van der Waals surface area contributed by atoms with Crippen LogP contribution in [0.15, 0.2) is 18.2 Å². The van der Waals surface area contributed by atoms with E-state index in [2.05, 4.69) is 0 Å². The van der Waals surface area contributed by atoms with Gasteiger partial charge in [0.25, 0.3) is 0 Å². The van der Waals surface area contributed by atoms with Crippen LogP contribution in [0.1, 0.15) is 6.92 Å². The van der Waals surface area contributed by atoms with E-state index < -0.39 is 13.4 Å². The molecule has 0 saturated carbocycles. The van der Waals surface area contributed by atoms with E-state index in [1.165, 1.54) is 18.2 Å². The molecule has 0 fully saturated rings. The molecule has 0 aliphatic carbocycles. The summed E-state index contributed by atoms with van der Waals surface area (Å²) in [6.07, 6.45) is 0. The van der Waals surface area contributed by atoms with E-state index in [9.17, 15) is 8.96 Å². The van der Waals surface area contributed by atoms with Crippen molar-refractivity contribution in [3.05, 3.63) is 24.0 Å². The monoisotopic (exact) mass is 318 g/mol. The Hall–Kier alpha value is -0.940. The van der Waals surface area contributed by atoms with Crippen LogP contribution in [0.25, 0.3) is 0 Å². The Morgan fingerprint density at radius 3 is 2.38 bits per heavy atom. The summed E-state index contributed by atoms with van der Waals surface area (Å²) in [4.78, 5) is 3.62. The summed E-state index contributed by atoms with van der Waals surface area (Å²) < 4.78 is 37.4. The molecule has 5 nitrogen and oxygen atoms in total. The van der Waals surface area contributed by atoms with Crippen LogP contribution < -0.4 is 10.2 Å². The van der Waals surface area contributed by atoms with Gasteiger partial charge in [-0.15, -0.1) is 0 Å². The maximum Gasteiger partial charge on any atom is 0.363 e. The van der Waals surface area contributed by atoms with Crippen molar-refractivity contribution in [3.8, 4) is 0 Å². The number of rotatable bonds is 8. The Morgan fingerprint density at radius 1 is 1.19 bits per heavy atom. The molecule has 0 aliphatic heterocycles. The molecule has 1 atom stereocenters. The molecule has 0 bridgehead atoms. The van der Waals surface area contributed by atoms with Gasteiger partial charge in [-0.1, -0.05) is 0 Å². The highest BCUT2D eigenvalue weighted by atomic mass is 31.2. The smallest absolute Gasteiger partial charge is 0.363 e. The first kappa shape index (κ1) is 18.1. The van der Waals surface area contributed by atoms with Crippen molar-refractivity contribution in [2.45, 2.75) is 6.92 Å². The SMILES string of the molecule is CCOP(=O)(OCCN(C)C)c1ccc(F)cc1N(C)C. The van der Waals surface area contributed by atoms with Crippen LogP contribution in [0.3, 0.4) is 0 Å². The summed E-state index contributed by atoms with van der Waals surface area (Å²) >= 11 is 0. The van der Waals surface area contributed by atoms with Crippen LogP contribution in [-0.4, -0.2) is 52.8 Å². The van der Waals surface area contributed by atoms with Gasteiger partial charge < -0.3 is 18.8 Å². The van der Waals surface area contributed by atoms with Crippen molar-refractivity contribution in [2.24, 2.45) is 0 Å². The summed E-state index contributed by atoms with van der Waals surface area (Å²) in [5.74, 6) is -0.390. The van der Waals surface area contributed by atoms with Crippen LogP contribution in [0, 0.1) is 5.82 Å². The third kappa shape index (κ3) is 5.08. The van der Waals surface area contributed by atoms with E-state index in [0.29, 0.717) is 17.5 Å². The number of hydrogen-bond acceptors (Lipinski definition) is 5. The van der Waals surface area contributed by atoms with Crippen molar-refractivity contribution in [3.63, 3.8) is 0 Å². The predicted octanol–water partition coefficient (Wildman–Crippen LogP) is 2.32. The largest absolute Gasteiger partial charge is 0.377 e. The Balaban J connectivity index is 3.12. The zero-order chi connectivity index (χ0) is 16.0. The quantitative estimate of drug-likeness (QED) is 0.688. The fourth-order valence-electron chi connectivity index (χ4n) is 1.78. The molecule has 120 valence electrons.